The predicted octanol–water partition coefficient (Wildman–Crippen LogP) is 1.71. The number of aryl methyl sites for hydroxylation is 1. The normalized spacial score (nSPS) is 11.0. The summed E-state index contributed by atoms with van der Waals surface area (Å²) in [5, 5.41) is 11.8. The first-order valence-corrected chi connectivity index (χ1v) is 10.4. The van der Waals surface area contributed by atoms with Crippen LogP contribution in [0.3, 0.4) is 0 Å². The third kappa shape index (κ3) is 7.47. The molecule has 2 aromatic rings. The van der Waals surface area contributed by atoms with Crippen LogP contribution in [0.25, 0.3) is 0 Å². The van der Waals surface area contributed by atoms with Crippen LogP contribution in [0.2, 0.25) is 0 Å². The molecule has 0 aliphatic rings. The van der Waals surface area contributed by atoms with Crippen LogP contribution in [-0.2, 0) is 16.5 Å². The second-order valence-corrected chi connectivity index (χ2v) is 7.64. The number of hydrogen-bond donors (Lipinski definition) is 1. The maximum absolute atomic E-state index is 11.8. The summed E-state index contributed by atoms with van der Waals surface area (Å²) in [6.07, 6.45) is 7.85. The van der Waals surface area contributed by atoms with Gasteiger partial charge < -0.3 is 9.84 Å². The van der Waals surface area contributed by atoms with E-state index in [0.29, 0.717) is 5.75 Å². The summed E-state index contributed by atoms with van der Waals surface area (Å²) in [7, 11) is -4.66. The van der Waals surface area contributed by atoms with Gasteiger partial charge in [-0.1, -0.05) is 75.1 Å². The van der Waals surface area contributed by atoms with Gasteiger partial charge in [0.2, 0.25) is 0 Å². The number of ether oxygens (including phenoxy) is 1. The third-order valence-corrected chi connectivity index (χ3v) is 5.11. The monoisotopic (exact) mass is 400 g/mol. The molecule has 7 heteroatoms. The van der Waals surface area contributed by atoms with Gasteiger partial charge in [-0.05, 0) is 30.5 Å². The van der Waals surface area contributed by atoms with Crippen molar-refractivity contribution in [2.45, 2.75) is 56.8 Å². The number of para-hydroxylation sites is 1. The Morgan fingerprint density at radius 2 is 1.56 bits per heavy atom. The van der Waals surface area contributed by atoms with Crippen molar-refractivity contribution >= 4 is 10.1 Å². The maximum atomic E-state index is 11.8. The van der Waals surface area contributed by atoms with Gasteiger partial charge >= 0.3 is 29.6 Å². The summed E-state index contributed by atoms with van der Waals surface area (Å²) in [6, 6.07) is 11.2. The summed E-state index contributed by atoms with van der Waals surface area (Å²) in [5.74, 6) is -0.453. The molecule has 1 N–H and O–H groups in total. The predicted molar refractivity (Wildman–Crippen MR) is 99.3 cm³/mol. The Morgan fingerprint density at radius 1 is 0.926 bits per heavy atom. The van der Waals surface area contributed by atoms with E-state index in [0.717, 1.165) is 30.9 Å². The van der Waals surface area contributed by atoms with Gasteiger partial charge in [0, 0.05) is 0 Å². The molecular weight excluding hydrogens is 375 g/mol. The van der Waals surface area contributed by atoms with Crippen LogP contribution < -0.4 is 39.4 Å². The molecule has 0 aliphatic carbocycles. The minimum atomic E-state index is -4.66. The zero-order chi connectivity index (χ0) is 19.0. The molecule has 142 valence electrons. The summed E-state index contributed by atoms with van der Waals surface area (Å²) in [5.41, 5.74) is 0.945. The average molecular weight is 400 g/mol. The molecule has 2 aromatic carbocycles. The van der Waals surface area contributed by atoms with Crippen molar-refractivity contribution in [3.8, 4) is 17.2 Å². The van der Waals surface area contributed by atoms with E-state index in [2.05, 4.69) is 6.92 Å². The van der Waals surface area contributed by atoms with Gasteiger partial charge in [0.05, 0.1) is 0 Å². The molecule has 5 nitrogen and oxygen atoms in total. The largest absolute Gasteiger partial charge is 1.00 e. The summed E-state index contributed by atoms with van der Waals surface area (Å²) in [4.78, 5) is -0.727. The van der Waals surface area contributed by atoms with Gasteiger partial charge in [0.25, 0.3) is 10.1 Å². The van der Waals surface area contributed by atoms with Crippen molar-refractivity contribution in [3.05, 3.63) is 48.0 Å². The SMILES string of the molecule is CCCCCCCCc1ccccc1Oc1cccc([O-])c1S(=O)(=O)O.[Na+]. The molecule has 0 saturated heterocycles. The van der Waals surface area contributed by atoms with E-state index >= 15 is 0 Å². The fourth-order valence-corrected chi connectivity index (χ4v) is 3.54. The Morgan fingerprint density at radius 3 is 2.26 bits per heavy atom. The van der Waals surface area contributed by atoms with E-state index in [4.69, 9.17) is 4.74 Å². The molecule has 0 radical (unpaired) electrons. The van der Waals surface area contributed by atoms with E-state index in [1.54, 1.807) is 12.1 Å². The van der Waals surface area contributed by atoms with Gasteiger partial charge in [-0.25, -0.2) is 0 Å². The van der Waals surface area contributed by atoms with Crippen LogP contribution in [0.5, 0.6) is 17.2 Å². The summed E-state index contributed by atoms with van der Waals surface area (Å²) < 4.78 is 38.1. The average Bonchev–Trinajstić information content (AvgIpc) is 2.58. The van der Waals surface area contributed by atoms with Crippen LogP contribution in [0.4, 0.5) is 0 Å². The Kier molecular flexibility index (Phi) is 10.4. The topological polar surface area (TPSA) is 86.7 Å². The molecule has 0 unspecified atom stereocenters. The quantitative estimate of drug-likeness (QED) is 0.373. The molecule has 0 aliphatic heterocycles. The molecule has 2 rings (SSSR count). The van der Waals surface area contributed by atoms with E-state index < -0.39 is 20.8 Å². The van der Waals surface area contributed by atoms with Crippen molar-refractivity contribution in [2.75, 3.05) is 0 Å². The molecule has 0 fully saturated rings. The smallest absolute Gasteiger partial charge is 0.871 e. The number of rotatable bonds is 10. The minimum Gasteiger partial charge on any atom is -0.871 e. The first kappa shape index (κ1) is 24.0. The molecule has 0 atom stereocenters. The fraction of sp³-hybridized carbons (Fsp3) is 0.400. The second-order valence-electron chi connectivity index (χ2n) is 6.29. The molecular formula is C20H25NaO5S. The van der Waals surface area contributed by atoms with Crippen LogP contribution in [0, 0.1) is 0 Å². The maximum Gasteiger partial charge on any atom is 1.00 e. The fourth-order valence-electron chi connectivity index (χ4n) is 2.85. The Bertz CT molecular complexity index is 821. The molecule has 0 saturated carbocycles. The van der Waals surface area contributed by atoms with Crippen LogP contribution >= 0.6 is 0 Å². The van der Waals surface area contributed by atoms with Crippen molar-refractivity contribution in [1.29, 1.82) is 0 Å². The molecule has 0 bridgehead atoms. The Labute approximate surface area is 183 Å². The van der Waals surface area contributed by atoms with Gasteiger partial charge in [0.15, 0.2) is 0 Å². The van der Waals surface area contributed by atoms with Crippen molar-refractivity contribution in [1.82, 2.24) is 0 Å². The molecule has 0 aromatic heterocycles. The molecule has 27 heavy (non-hydrogen) atoms. The molecule has 0 spiro atoms. The zero-order valence-electron chi connectivity index (χ0n) is 16.0. The summed E-state index contributed by atoms with van der Waals surface area (Å²) in [6.45, 7) is 2.19. The Balaban J connectivity index is 0.00000364. The van der Waals surface area contributed by atoms with Gasteiger partial charge in [0.1, 0.15) is 16.4 Å². The standard InChI is InChI=1S/C20H26O5S.Na/c1-2-3-4-5-6-7-11-16-12-8-9-14-18(16)25-19-15-10-13-17(21)20(19)26(22,23)24;/h8-10,12-15,21H,2-7,11H2,1H3,(H,22,23,24);/q;+1/p-1. The third-order valence-electron chi connectivity index (χ3n) is 4.19. The van der Waals surface area contributed by atoms with Crippen molar-refractivity contribution < 1.29 is 52.4 Å². The van der Waals surface area contributed by atoms with Gasteiger partial charge in [-0.2, -0.15) is 8.42 Å². The first-order valence-electron chi connectivity index (χ1n) is 8.96. The first-order chi connectivity index (χ1) is 12.4. The number of hydrogen-bond acceptors (Lipinski definition) is 4. The van der Waals surface area contributed by atoms with E-state index in [9.17, 15) is 18.1 Å². The zero-order valence-corrected chi connectivity index (χ0v) is 18.8. The van der Waals surface area contributed by atoms with Gasteiger partial charge in [-0.15, -0.1) is 0 Å². The van der Waals surface area contributed by atoms with E-state index in [-0.39, 0.29) is 35.3 Å². The minimum absolute atomic E-state index is 0. The Hall–Kier alpha value is -1.05. The van der Waals surface area contributed by atoms with Crippen LogP contribution in [-0.4, -0.2) is 13.0 Å². The second kappa shape index (κ2) is 11.7. The van der Waals surface area contributed by atoms with Crippen molar-refractivity contribution in [3.63, 3.8) is 0 Å². The van der Waals surface area contributed by atoms with Crippen LogP contribution in [0.15, 0.2) is 47.4 Å². The number of benzene rings is 2. The van der Waals surface area contributed by atoms with E-state index in [1.807, 2.05) is 12.1 Å². The van der Waals surface area contributed by atoms with Gasteiger partial charge in [-0.3, -0.25) is 4.55 Å². The molecule has 0 amide bonds. The summed E-state index contributed by atoms with van der Waals surface area (Å²) >= 11 is 0. The molecule has 0 heterocycles. The number of unbranched alkanes of at least 4 members (excludes halogenated alkanes) is 5. The van der Waals surface area contributed by atoms with Crippen molar-refractivity contribution in [2.24, 2.45) is 0 Å². The van der Waals surface area contributed by atoms with E-state index in [1.165, 1.54) is 37.8 Å². The van der Waals surface area contributed by atoms with Crippen LogP contribution in [0.1, 0.15) is 51.0 Å².